The highest BCUT2D eigenvalue weighted by Gasteiger charge is 2.42. The third-order valence-corrected chi connectivity index (χ3v) is 4.16. The van der Waals surface area contributed by atoms with Gasteiger partial charge in [-0.15, -0.1) is 0 Å². The molecule has 0 spiro atoms. The van der Waals surface area contributed by atoms with Gasteiger partial charge in [0.25, 0.3) is 0 Å². The Labute approximate surface area is 143 Å². The van der Waals surface area contributed by atoms with Crippen molar-refractivity contribution in [2.75, 3.05) is 0 Å². The summed E-state index contributed by atoms with van der Waals surface area (Å²) in [5, 5.41) is 12.3. The first kappa shape index (κ1) is 17.2. The molecule has 1 aliphatic carbocycles. The molecular formula is C18H18F2N2O3. The van der Waals surface area contributed by atoms with Crippen LogP contribution in [0, 0.1) is 0 Å². The van der Waals surface area contributed by atoms with Gasteiger partial charge in [0.2, 0.25) is 5.91 Å². The number of carbonyl (C=O) groups excluding carboxylic acids is 1. The van der Waals surface area contributed by atoms with Gasteiger partial charge in [0.05, 0.1) is 0 Å². The summed E-state index contributed by atoms with van der Waals surface area (Å²) >= 11 is 0. The van der Waals surface area contributed by atoms with Gasteiger partial charge < -0.3 is 20.9 Å². The topological polar surface area (TPSA) is 84.6 Å². The van der Waals surface area contributed by atoms with E-state index in [1.165, 1.54) is 18.2 Å². The predicted octanol–water partition coefficient (Wildman–Crippen LogP) is 2.67. The largest absolute Gasteiger partial charge is 0.508 e. The van der Waals surface area contributed by atoms with Crippen LogP contribution in [0.5, 0.6) is 11.5 Å². The van der Waals surface area contributed by atoms with Crippen LogP contribution in [0.1, 0.15) is 29.5 Å². The second kappa shape index (κ2) is 7.06. The van der Waals surface area contributed by atoms with Crippen LogP contribution in [-0.4, -0.2) is 23.7 Å². The van der Waals surface area contributed by atoms with Gasteiger partial charge in [0, 0.05) is 12.0 Å². The molecule has 0 heterocycles. The molecule has 2 aromatic rings. The lowest BCUT2D eigenvalue weighted by Gasteiger charge is -2.14. The average molecular weight is 348 g/mol. The number of alkyl halides is 2. The van der Waals surface area contributed by atoms with Gasteiger partial charge in [-0.05, 0) is 35.7 Å². The highest BCUT2D eigenvalue weighted by Crippen LogP contribution is 2.45. The number of phenols is 1. The fourth-order valence-electron chi connectivity index (χ4n) is 2.83. The fraction of sp³-hybridized carbons (Fsp3) is 0.278. The van der Waals surface area contributed by atoms with Gasteiger partial charge in [-0.3, -0.25) is 4.79 Å². The van der Waals surface area contributed by atoms with Crippen molar-refractivity contribution in [3.63, 3.8) is 0 Å². The Morgan fingerprint density at radius 3 is 2.72 bits per heavy atom. The van der Waals surface area contributed by atoms with Gasteiger partial charge in [0.1, 0.15) is 17.5 Å². The molecule has 0 radical (unpaired) electrons. The van der Waals surface area contributed by atoms with Crippen molar-refractivity contribution >= 4 is 5.91 Å². The number of halogens is 2. The minimum atomic E-state index is -2.90. The molecule has 0 aliphatic heterocycles. The van der Waals surface area contributed by atoms with Gasteiger partial charge >= 0.3 is 6.61 Å². The zero-order chi connectivity index (χ0) is 18.0. The van der Waals surface area contributed by atoms with E-state index in [-0.39, 0.29) is 29.4 Å². The van der Waals surface area contributed by atoms with E-state index in [0.29, 0.717) is 17.5 Å². The number of phenolic OH excluding ortho intramolecular Hbond substituents is 1. The number of carbonyl (C=O) groups is 1. The zero-order valence-corrected chi connectivity index (χ0v) is 13.2. The van der Waals surface area contributed by atoms with Crippen LogP contribution in [0.15, 0.2) is 48.5 Å². The van der Waals surface area contributed by atoms with Crippen LogP contribution >= 0.6 is 0 Å². The summed E-state index contributed by atoms with van der Waals surface area (Å²) < 4.78 is 29.5. The van der Waals surface area contributed by atoms with E-state index in [4.69, 9.17) is 5.73 Å². The highest BCUT2D eigenvalue weighted by molar-refractivity contribution is 5.83. The van der Waals surface area contributed by atoms with Crippen molar-refractivity contribution in [1.29, 1.82) is 0 Å². The maximum absolute atomic E-state index is 12.5. The SMILES string of the molecule is NC(C(=O)N[C@@H]1C[C@H]1c1ccccc1OC(F)F)c1cccc(O)c1. The van der Waals surface area contributed by atoms with Gasteiger partial charge in [-0.2, -0.15) is 8.78 Å². The van der Waals surface area contributed by atoms with Crippen LogP contribution in [0.4, 0.5) is 8.78 Å². The molecule has 5 nitrogen and oxygen atoms in total. The Kier molecular flexibility index (Phi) is 4.85. The summed E-state index contributed by atoms with van der Waals surface area (Å²) in [6.07, 6.45) is 0.627. The van der Waals surface area contributed by atoms with Crippen molar-refractivity contribution in [2.24, 2.45) is 5.73 Å². The molecular weight excluding hydrogens is 330 g/mol. The number of ether oxygens (including phenoxy) is 1. The first-order chi connectivity index (χ1) is 12.0. The van der Waals surface area contributed by atoms with Crippen LogP contribution in [0.25, 0.3) is 0 Å². The number of benzene rings is 2. The number of para-hydroxylation sites is 1. The minimum Gasteiger partial charge on any atom is -0.508 e. The first-order valence-corrected chi connectivity index (χ1v) is 7.84. The van der Waals surface area contributed by atoms with Crippen molar-refractivity contribution < 1.29 is 23.4 Å². The summed E-state index contributed by atoms with van der Waals surface area (Å²) in [6.45, 7) is -2.90. The number of nitrogens with one attached hydrogen (secondary N) is 1. The average Bonchev–Trinajstić information content (AvgIpc) is 3.33. The molecule has 0 saturated heterocycles. The summed E-state index contributed by atoms with van der Waals surface area (Å²) in [5.74, 6) is -0.319. The molecule has 1 fully saturated rings. The maximum Gasteiger partial charge on any atom is 0.387 e. The van der Waals surface area contributed by atoms with E-state index in [9.17, 15) is 18.7 Å². The summed E-state index contributed by atoms with van der Waals surface area (Å²) in [6, 6.07) is 11.6. The number of amides is 1. The Bertz CT molecular complexity index is 769. The third-order valence-electron chi connectivity index (χ3n) is 4.16. The molecule has 0 aromatic heterocycles. The molecule has 1 saturated carbocycles. The monoisotopic (exact) mass is 348 g/mol. The molecule has 4 N–H and O–H groups in total. The molecule has 3 rings (SSSR count). The fourth-order valence-corrected chi connectivity index (χ4v) is 2.83. The number of rotatable bonds is 6. The van der Waals surface area contributed by atoms with E-state index < -0.39 is 12.7 Å². The van der Waals surface area contributed by atoms with Crippen LogP contribution in [0.2, 0.25) is 0 Å². The van der Waals surface area contributed by atoms with Crippen molar-refractivity contribution in [3.05, 3.63) is 59.7 Å². The Hall–Kier alpha value is -2.67. The standard InChI is InChI=1S/C18H18F2N2O3/c19-18(20)25-15-7-2-1-6-12(15)13-9-14(13)22-17(24)16(21)10-4-3-5-11(23)8-10/h1-8,13-14,16,18,23H,9,21H2,(H,22,24)/t13-,14+,16?/m0/s1. The molecule has 0 bridgehead atoms. The van der Waals surface area contributed by atoms with Gasteiger partial charge in [0.15, 0.2) is 0 Å². The molecule has 7 heteroatoms. The molecule has 1 amide bonds. The lowest BCUT2D eigenvalue weighted by Crippen LogP contribution is -2.36. The van der Waals surface area contributed by atoms with Crippen molar-refractivity contribution in [3.8, 4) is 11.5 Å². The Balaban J connectivity index is 1.64. The normalized spacial score (nSPS) is 20.2. The summed E-state index contributed by atoms with van der Waals surface area (Å²) in [5.41, 5.74) is 7.05. The molecule has 3 atom stereocenters. The number of hydrogen-bond acceptors (Lipinski definition) is 4. The summed E-state index contributed by atoms with van der Waals surface area (Å²) in [4.78, 5) is 12.3. The predicted molar refractivity (Wildman–Crippen MR) is 87.4 cm³/mol. The van der Waals surface area contributed by atoms with Gasteiger partial charge in [-0.1, -0.05) is 30.3 Å². The molecule has 132 valence electrons. The molecule has 2 aromatic carbocycles. The molecule has 1 aliphatic rings. The number of nitrogens with two attached hydrogens (primary N) is 1. The molecule has 25 heavy (non-hydrogen) atoms. The van der Waals surface area contributed by atoms with E-state index in [2.05, 4.69) is 10.1 Å². The Morgan fingerprint density at radius 1 is 1.24 bits per heavy atom. The smallest absolute Gasteiger partial charge is 0.387 e. The lowest BCUT2D eigenvalue weighted by molar-refractivity contribution is -0.122. The highest BCUT2D eigenvalue weighted by atomic mass is 19.3. The quantitative estimate of drug-likeness (QED) is 0.749. The van der Waals surface area contributed by atoms with E-state index in [0.717, 1.165) is 0 Å². The zero-order valence-electron chi connectivity index (χ0n) is 13.2. The van der Waals surface area contributed by atoms with Gasteiger partial charge in [-0.25, -0.2) is 0 Å². The lowest BCUT2D eigenvalue weighted by atomic mass is 10.1. The van der Waals surface area contributed by atoms with Crippen LogP contribution in [-0.2, 0) is 4.79 Å². The Morgan fingerprint density at radius 2 is 2.00 bits per heavy atom. The number of aromatic hydroxyl groups is 1. The first-order valence-electron chi connectivity index (χ1n) is 7.84. The van der Waals surface area contributed by atoms with E-state index in [1.54, 1.807) is 30.3 Å². The van der Waals surface area contributed by atoms with E-state index >= 15 is 0 Å². The second-order valence-electron chi connectivity index (χ2n) is 5.95. The number of hydrogen-bond donors (Lipinski definition) is 3. The summed E-state index contributed by atoms with van der Waals surface area (Å²) in [7, 11) is 0. The van der Waals surface area contributed by atoms with Crippen LogP contribution < -0.4 is 15.8 Å². The van der Waals surface area contributed by atoms with Crippen LogP contribution in [0.3, 0.4) is 0 Å². The second-order valence-corrected chi connectivity index (χ2v) is 5.95. The van der Waals surface area contributed by atoms with E-state index in [1.807, 2.05) is 0 Å². The minimum absolute atomic E-state index is 0.0307. The van der Waals surface area contributed by atoms with Crippen molar-refractivity contribution in [2.45, 2.75) is 31.0 Å². The maximum atomic E-state index is 12.5. The van der Waals surface area contributed by atoms with Crippen molar-refractivity contribution in [1.82, 2.24) is 5.32 Å². The molecule has 1 unspecified atom stereocenters. The third kappa shape index (κ3) is 4.06.